The fourth-order valence-corrected chi connectivity index (χ4v) is 3.63. The number of carbonyl (C=O) groups is 1. The number of benzene rings is 2. The van der Waals surface area contributed by atoms with Crippen molar-refractivity contribution in [2.75, 3.05) is 5.32 Å². The van der Waals surface area contributed by atoms with Gasteiger partial charge in [-0.1, -0.05) is 29.8 Å². The van der Waals surface area contributed by atoms with Crippen LogP contribution in [-0.2, 0) is 14.8 Å². The lowest BCUT2D eigenvalue weighted by atomic mass is 10.1. The van der Waals surface area contributed by atoms with Gasteiger partial charge >= 0.3 is 0 Å². The van der Waals surface area contributed by atoms with Gasteiger partial charge in [-0.3, -0.25) is 4.79 Å². The number of hydrogen-bond donors (Lipinski definition) is 2. The number of sulfonamides is 1. The van der Waals surface area contributed by atoms with E-state index in [1.54, 1.807) is 31.2 Å². The Morgan fingerprint density at radius 1 is 1.09 bits per heavy atom. The summed E-state index contributed by atoms with van der Waals surface area (Å²) in [7, 11) is -3.69. The van der Waals surface area contributed by atoms with Crippen LogP contribution in [0, 0.1) is 0 Å². The van der Waals surface area contributed by atoms with E-state index in [0.29, 0.717) is 16.3 Å². The van der Waals surface area contributed by atoms with Crippen molar-refractivity contribution in [2.24, 2.45) is 0 Å². The number of nitrogens with one attached hydrogen (secondary N) is 2. The predicted molar refractivity (Wildman–Crippen MR) is 90.9 cm³/mol. The molecule has 23 heavy (non-hydrogen) atoms. The molecule has 2 N–H and O–H groups in total. The molecule has 1 atom stereocenters. The van der Waals surface area contributed by atoms with Gasteiger partial charge in [-0.05, 0) is 42.8 Å². The monoisotopic (exact) mass is 352 g/mol. The minimum atomic E-state index is -3.69. The van der Waals surface area contributed by atoms with Gasteiger partial charge in [0.25, 0.3) is 0 Å². The minimum absolute atomic E-state index is 0.116. The van der Waals surface area contributed by atoms with Crippen LogP contribution in [0.1, 0.15) is 25.5 Å². The van der Waals surface area contributed by atoms with Crippen LogP contribution in [-0.4, -0.2) is 14.3 Å². The molecule has 2 aromatic carbocycles. The summed E-state index contributed by atoms with van der Waals surface area (Å²) in [5, 5.41) is 3.09. The van der Waals surface area contributed by atoms with Gasteiger partial charge in [0.2, 0.25) is 15.9 Å². The maximum atomic E-state index is 12.4. The van der Waals surface area contributed by atoms with E-state index in [-0.39, 0.29) is 10.8 Å². The Labute approximate surface area is 140 Å². The topological polar surface area (TPSA) is 75.3 Å². The fraction of sp³-hybridized carbons (Fsp3) is 0.188. The van der Waals surface area contributed by atoms with E-state index in [9.17, 15) is 13.2 Å². The van der Waals surface area contributed by atoms with Crippen LogP contribution in [0.3, 0.4) is 0 Å². The molecule has 0 saturated heterocycles. The van der Waals surface area contributed by atoms with E-state index in [4.69, 9.17) is 11.6 Å². The fourth-order valence-electron chi connectivity index (χ4n) is 2.11. The maximum absolute atomic E-state index is 12.4. The van der Waals surface area contributed by atoms with Crippen molar-refractivity contribution in [2.45, 2.75) is 24.8 Å². The Morgan fingerprint density at radius 3 is 2.26 bits per heavy atom. The molecule has 0 heterocycles. The predicted octanol–water partition coefficient (Wildman–Crippen LogP) is 3.34. The van der Waals surface area contributed by atoms with Crippen LogP contribution < -0.4 is 10.0 Å². The van der Waals surface area contributed by atoms with Crippen molar-refractivity contribution < 1.29 is 13.2 Å². The lowest BCUT2D eigenvalue weighted by molar-refractivity contribution is -0.114. The van der Waals surface area contributed by atoms with Crippen LogP contribution in [0.5, 0.6) is 0 Å². The molecule has 0 aromatic heterocycles. The first-order valence-electron chi connectivity index (χ1n) is 6.94. The van der Waals surface area contributed by atoms with Crippen molar-refractivity contribution in [3.63, 3.8) is 0 Å². The molecule has 0 saturated carbocycles. The first kappa shape index (κ1) is 17.5. The summed E-state index contributed by atoms with van der Waals surface area (Å²) < 4.78 is 27.4. The van der Waals surface area contributed by atoms with E-state index < -0.39 is 16.1 Å². The molecule has 0 aliphatic carbocycles. The van der Waals surface area contributed by atoms with E-state index in [0.717, 1.165) is 0 Å². The van der Waals surface area contributed by atoms with Gasteiger partial charge in [0, 0.05) is 23.7 Å². The zero-order chi connectivity index (χ0) is 17.0. The SMILES string of the molecule is CC(=O)Nc1ccc(S(=O)(=O)NC(C)c2ccccc2Cl)cc1. The summed E-state index contributed by atoms with van der Waals surface area (Å²) in [4.78, 5) is 11.1. The third kappa shape index (κ3) is 4.54. The van der Waals surface area contributed by atoms with Gasteiger partial charge in [0.15, 0.2) is 0 Å². The van der Waals surface area contributed by atoms with E-state index in [1.807, 2.05) is 0 Å². The molecule has 0 aliphatic heterocycles. The molecule has 7 heteroatoms. The Morgan fingerprint density at radius 2 is 1.70 bits per heavy atom. The number of rotatable bonds is 5. The first-order valence-corrected chi connectivity index (χ1v) is 8.80. The molecule has 122 valence electrons. The largest absolute Gasteiger partial charge is 0.326 e. The summed E-state index contributed by atoms with van der Waals surface area (Å²) in [6.45, 7) is 3.11. The zero-order valence-corrected chi connectivity index (χ0v) is 14.3. The third-order valence-corrected chi connectivity index (χ3v) is 5.09. The number of amides is 1. The summed E-state index contributed by atoms with van der Waals surface area (Å²) in [5.41, 5.74) is 1.24. The van der Waals surface area contributed by atoms with Gasteiger partial charge in [-0.25, -0.2) is 13.1 Å². The Balaban J connectivity index is 2.18. The standard InChI is InChI=1S/C16H17ClN2O3S/c1-11(15-5-3-4-6-16(15)17)19-23(21,22)14-9-7-13(8-10-14)18-12(2)20/h3-11,19H,1-2H3,(H,18,20). The molecular weight excluding hydrogens is 336 g/mol. The summed E-state index contributed by atoms with van der Waals surface area (Å²) in [5.74, 6) is -0.217. The average molecular weight is 353 g/mol. The highest BCUT2D eigenvalue weighted by Gasteiger charge is 2.19. The van der Waals surface area contributed by atoms with Crippen LogP contribution in [0.25, 0.3) is 0 Å². The molecule has 0 spiro atoms. The number of anilines is 1. The number of carbonyl (C=O) groups excluding carboxylic acids is 1. The Kier molecular flexibility index (Phi) is 5.41. The normalized spacial score (nSPS) is 12.7. The molecule has 1 amide bonds. The van der Waals surface area contributed by atoms with Crippen molar-refractivity contribution in [3.05, 3.63) is 59.1 Å². The van der Waals surface area contributed by atoms with Crippen molar-refractivity contribution in [1.82, 2.24) is 4.72 Å². The van der Waals surface area contributed by atoms with Crippen LogP contribution in [0.4, 0.5) is 5.69 Å². The van der Waals surface area contributed by atoms with Crippen LogP contribution in [0.15, 0.2) is 53.4 Å². The molecular formula is C16H17ClN2O3S. The summed E-state index contributed by atoms with van der Waals surface area (Å²) in [6, 6.07) is 12.6. The lowest BCUT2D eigenvalue weighted by Gasteiger charge is -2.16. The third-order valence-electron chi connectivity index (χ3n) is 3.19. The Bertz CT molecular complexity index is 804. The number of hydrogen-bond acceptors (Lipinski definition) is 3. The highest BCUT2D eigenvalue weighted by atomic mass is 35.5. The Hall–Kier alpha value is -1.89. The van der Waals surface area contributed by atoms with Crippen molar-refractivity contribution in [1.29, 1.82) is 0 Å². The van der Waals surface area contributed by atoms with Crippen molar-refractivity contribution >= 4 is 33.2 Å². The molecule has 0 aliphatic rings. The van der Waals surface area contributed by atoms with E-state index in [1.165, 1.54) is 31.2 Å². The summed E-state index contributed by atoms with van der Waals surface area (Å²) in [6.07, 6.45) is 0. The second-order valence-corrected chi connectivity index (χ2v) is 7.19. The highest BCUT2D eigenvalue weighted by Crippen LogP contribution is 2.24. The molecule has 1 unspecified atom stereocenters. The van der Waals surface area contributed by atoms with Crippen LogP contribution >= 0.6 is 11.6 Å². The summed E-state index contributed by atoms with van der Waals surface area (Å²) >= 11 is 6.09. The van der Waals surface area contributed by atoms with Crippen LogP contribution in [0.2, 0.25) is 5.02 Å². The molecule has 2 aromatic rings. The first-order chi connectivity index (χ1) is 10.8. The van der Waals surface area contributed by atoms with Gasteiger partial charge in [0.1, 0.15) is 0 Å². The van der Waals surface area contributed by atoms with Gasteiger partial charge in [-0.2, -0.15) is 0 Å². The van der Waals surface area contributed by atoms with Crippen molar-refractivity contribution in [3.8, 4) is 0 Å². The minimum Gasteiger partial charge on any atom is -0.326 e. The lowest BCUT2D eigenvalue weighted by Crippen LogP contribution is -2.27. The highest BCUT2D eigenvalue weighted by molar-refractivity contribution is 7.89. The second-order valence-electron chi connectivity index (χ2n) is 5.07. The molecule has 2 rings (SSSR count). The second kappa shape index (κ2) is 7.12. The quantitative estimate of drug-likeness (QED) is 0.866. The average Bonchev–Trinajstić information content (AvgIpc) is 2.47. The molecule has 0 bridgehead atoms. The maximum Gasteiger partial charge on any atom is 0.241 e. The van der Waals surface area contributed by atoms with Gasteiger partial charge < -0.3 is 5.32 Å². The molecule has 0 radical (unpaired) electrons. The molecule has 5 nitrogen and oxygen atoms in total. The van der Waals surface area contributed by atoms with E-state index >= 15 is 0 Å². The smallest absolute Gasteiger partial charge is 0.241 e. The van der Waals surface area contributed by atoms with Gasteiger partial charge in [0.05, 0.1) is 4.90 Å². The van der Waals surface area contributed by atoms with Gasteiger partial charge in [-0.15, -0.1) is 0 Å². The zero-order valence-electron chi connectivity index (χ0n) is 12.7. The number of halogens is 1. The van der Waals surface area contributed by atoms with E-state index in [2.05, 4.69) is 10.0 Å². The molecule has 0 fully saturated rings.